The van der Waals surface area contributed by atoms with E-state index < -0.39 is 5.91 Å². The van der Waals surface area contributed by atoms with Crippen LogP contribution in [-0.4, -0.2) is 27.8 Å². The highest BCUT2D eigenvalue weighted by Crippen LogP contribution is 2.29. The highest BCUT2D eigenvalue weighted by molar-refractivity contribution is 7.22. The third-order valence-electron chi connectivity index (χ3n) is 4.15. The molecule has 0 fully saturated rings. The number of amides is 1. The second-order valence-corrected chi connectivity index (χ2v) is 7.53. The van der Waals surface area contributed by atoms with E-state index in [1.807, 2.05) is 24.3 Å². The number of hydrogen-bond acceptors (Lipinski definition) is 6. The minimum Gasteiger partial charge on any atom is -0.497 e. The van der Waals surface area contributed by atoms with Gasteiger partial charge >= 0.3 is 0 Å². The van der Waals surface area contributed by atoms with E-state index >= 15 is 0 Å². The van der Waals surface area contributed by atoms with Gasteiger partial charge in [-0.1, -0.05) is 41.1 Å². The van der Waals surface area contributed by atoms with Crippen LogP contribution in [0.2, 0.25) is 5.02 Å². The maximum absolute atomic E-state index is 12.5. The smallest absolute Gasteiger partial charge is 0.267 e. The molecule has 0 bridgehead atoms. The fraction of sp³-hybridized carbons (Fsp3) is 0.100. The number of fused-ring (bicyclic) bond motifs is 1. The van der Waals surface area contributed by atoms with Crippen molar-refractivity contribution in [1.82, 2.24) is 14.8 Å². The number of carbonyl (C=O) groups excluding carboxylic acids is 1. The second-order valence-electron chi connectivity index (χ2n) is 6.10. The van der Waals surface area contributed by atoms with Crippen molar-refractivity contribution in [1.29, 1.82) is 0 Å². The topological polar surface area (TPSA) is 86.1 Å². The van der Waals surface area contributed by atoms with Gasteiger partial charge in [-0.3, -0.25) is 9.59 Å². The molecule has 29 heavy (non-hydrogen) atoms. The Morgan fingerprint density at radius 2 is 2.03 bits per heavy atom. The quantitative estimate of drug-likeness (QED) is 0.524. The van der Waals surface area contributed by atoms with Crippen molar-refractivity contribution < 1.29 is 9.53 Å². The van der Waals surface area contributed by atoms with Crippen LogP contribution in [0.3, 0.4) is 0 Å². The number of rotatable bonds is 5. The van der Waals surface area contributed by atoms with Crippen LogP contribution in [0.4, 0.5) is 5.13 Å². The van der Waals surface area contributed by atoms with Gasteiger partial charge in [-0.25, -0.2) is 9.67 Å². The Balaban J connectivity index is 1.55. The minimum atomic E-state index is -0.401. The van der Waals surface area contributed by atoms with Gasteiger partial charge in [0, 0.05) is 11.6 Å². The van der Waals surface area contributed by atoms with E-state index in [0.717, 1.165) is 14.9 Å². The van der Waals surface area contributed by atoms with Gasteiger partial charge in [-0.05, 0) is 30.3 Å². The molecule has 0 aliphatic rings. The predicted octanol–water partition coefficient (Wildman–Crippen LogP) is 3.82. The Hall–Kier alpha value is -3.23. The fourth-order valence-electron chi connectivity index (χ4n) is 2.75. The first-order valence-corrected chi connectivity index (χ1v) is 9.80. The zero-order valence-electron chi connectivity index (χ0n) is 15.3. The molecule has 0 atom stereocenters. The number of carbonyl (C=O) groups is 1. The summed E-state index contributed by atoms with van der Waals surface area (Å²) in [4.78, 5) is 29.0. The number of aromatic nitrogens is 3. The number of hydrogen-bond donors (Lipinski definition) is 1. The lowest BCUT2D eigenvalue weighted by atomic mass is 10.1. The summed E-state index contributed by atoms with van der Waals surface area (Å²) in [5, 5.41) is 7.94. The van der Waals surface area contributed by atoms with Crippen molar-refractivity contribution in [2.24, 2.45) is 0 Å². The number of anilines is 1. The molecular weight excluding hydrogens is 412 g/mol. The third kappa shape index (κ3) is 4.13. The molecule has 7 nitrogen and oxygen atoms in total. The van der Waals surface area contributed by atoms with Crippen LogP contribution in [-0.2, 0) is 11.3 Å². The Bertz CT molecular complexity index is 1270. The summed E-state index contributed by atoms with van der Waals surface area (Å²) >= 11 is 7.53. The third-order valence-corrected chi connectivity index (χ3v) is 5.41. The Labute approximate surface area is 174 Å². The molecule has 0 radical (unpaired) electrons. The molecule has 2 aromatic carbocycles. The molecule has 2 heterocycles. The molecule has 2 aromatic heterocycles. The molecular formula is C20H15ClN4O3S. The van der Waals surface area contributed by atoms with E-state index in [0.29, 0.717) is 27.2 Å². The lowest BCUT2D eigenvalue weighted by Crippen LogP contribution is -2.29. The van der Waals surface area contributed by atoms with Crippen LogP contribution in [0.25, 0.3) is 21.5 Å². The molecule has 0 saturated heterocycles. The molecule has 0 unspecified atom stereocenters. The first kappa shape index (κ1) is 19.1. The predicted molar refractivity (Wildman–Crippen MR) is 114 cm³/mol. The standard InChI is InChI=1S/C20H15ClN4O3S/c1-28-12-6-7-16-17(10-12)29-20(22-16)23-18(26)11-25-19(27)9-8-15(24-25)13-4-2-3-5-14(13)21/h2-10H,11H2,1H3,(H,22,23,26). The average Bonchev–Trinajstić information content (AvgIpc) is 3.11. The summed E-state index contributed by atoms with van der Waals surface area (Å²) in [6, 6.07) is 15.6. The lowest BCUT2D eigenvalue weighted by molar-refractivity contribution is -0.117. The maximum Gasteiger partial charge on any atom is 0.267 e. The van der Waals surface area contributed by atoms with Crippen LogP contribution < -0.4 is 15.6 Å². The number of ether oxygens (including phenoxy) is 1. The van der Waals surface area contributed by atoms with E-state index in [9.17, 15) is 9.59 Å². The van der Waals surface area contributed by atoms with E-state index in [1.165, 1.54) is 17.4 Å². The summed E-state index contributed by atoms with van der Waals surface area (Å²) < 4.78 is 7.18. The molecule has 4 aromatic rings. The minimum absolute atomic E-state index is 0.240. The molecule has 9 heteroatoms. The average molecular weight is 427 g/mol. The summed E-state index contributed by atoms with van der Waals surface area (Å²) in [6.07, 6.45) is 0. The number of halogens is 1. The Morgan fingerprint density at radius 3 is 2.83 bits per heavy atom. The van der Waals surface area contributed by atoms with Gasteiger partial charge < -0.3 is 10.1 Å². The lowest BCUT2D eigenvalue weighted by Gasteiger charge is -2.08. The van der Waals surface area contributed by atoms with E-state index in [2.05, 4.69) is 15.4 Å². The normalized spacial score (nSPS) is 10.8. The fourth-order valence-corrected chi connectivity index (χ4v) is 3.90. The Morgan fingerprint density at radius 1 is 1.21 bits per heavy atom. The van der Waals surface area contributed by atoms with Gasteiger partial charge in [0.2, 0.25) is 5.91 Å². The van der Waals surface area contributed by atoms with Gasteiger partial charge in [0.05, 0.1) is 28.0 Å². The molecule has 0 spiro atoms. The molecule has 0 saturated carbocycles. The molecule has 146 valence electrons. The highest BCUT2D eigenvalue weighted by atomic mass is 35.5. The molecule has 0 aliphatic carbocycles. The first-order valence-electron chi connectivity index (χ1n) is 8.61. The van der Waals surface area contributed by atoms with Crippen LogP contribution in [0, 0.1) is 0 Å². The van der Waals surface area contributed by atoms with E-state index in [-0.39, 0.29) is 12.1 Å². The van der Waals surface area contributed by atoms with Crippen molar-refractivity contribution in [3.63, 3.8) is 0 Å². The number of nitrogens with one attached hydrogen (secondary N) is 1. The van der Waals surface area contributed by atoms with Gasteiger partial charge in [-0.15, -0.1) is 0 Å². The van der Waals surface area contributed by atoms with Crippen LogP contribution >= 0.6 is 22.9 Å². The molecule has 1 amide bonds. The van der Waals surface area contributed by atoms with Crippen molar-refractivity contribution in [2.45, 2.75) is 6.54 Å². The number of methoxy groups -OCH3 is 1. The van der Waals surface area contributed by atoms with Crippen LogP contribution in [0.5, 0.6) is 5.75 Å². The van der Waals surface area contributed by atoms with E-state index in [1.54, 1.807) is 31.4 Å². The zero-order chi connectivity index (χ0) is 20.4. The summed E-state index contributed by atoms with van der Waals surface area (Å²) in [6.45, 7) is -0.240. The van der Waals surface area contributed by atoms with Crippen molar-refractivity contribution in [3.8, 4) is 17.0 Å². The second kappa shape index (κ2) is 8.02. The number of nitrogens with zero attached hydrogens (tertiary/aromatic N) is 3. The molecule has 0 aliphatic heterocycles. The van der Waals surface area contributed by atoms with Crippen molar-refractivity contribution >= 4 is 44.2 Å². The van der Waals surface area contributed by atoms with Gasteiger partial charge in [0.1, 0.15) is 12.3 Å². The molecule has 4 rings (SSSR count). The van der Waals surface area contributed by atoms with Gasteiger partial charge in [0.15, 0.2) is 5.13 Å². The molecule has 1 N–H and O–H groups in total. The first-order chi connectivity index (χ1) is 14.0. The monoisotopic (exact) mass is 426 g/mol. The Kier molecular flexibility index (Phi) is 5.28. The zero-order valence-corrected chi connectivity index (χ0v) is 16.8. The van der Waals surface area contributed by atoms with Crippen molar-refractivity contribution in [2.75, 3.05) is 12.4 Å². The van der Waals surface area contributed by atoms with Gasteiger partial charge in [-0.2, -0.15) is 5.10 Å². The van der Waals surface area contributed by atoms with E-state index in [4.69, 9.17) is 16.3 Å². The number of benzene rings is 2. The number of thiazole rings is 1. The largest absolute Gasteiger partial charge is 0.497 e. The summed E-state index contributed by atoms with van der Waals surface area (Å²) in [5.41, 5.74) is 1.56. The summed E-state index contributed by atoms with van der Waals surface area (Å²) in [5.74, 6) is 0.313. The van der Waals surface area contributed by atoms with Crippen LogP contribution in [0.1, 0.15) is 0 Å². The highest BCUT2D eigenvalue weighted by Gasteiger charge is 2.12. The van der Waals surface area contributed by atoms with Crippen LogP contribution in [0.15, 0.2) is 59.4 Å². The van der Waals surface area contributed by atoms with Gasteiger partial charge in [0.25, 0.3) is 5.56 Å². The SMILES string of the molecule is COc1ccc2nc(NC(=O)Cn3nc(-c4ccccc4Cl)ccc3=O)sc2c1. The summed E-state index contributed by atoms with van der Waals surface area (Å²) in [7, 11) is 1.59. The maximum atomic E-state index is 12.5. The van der Waals surface area contributed by atoms with Crippen molar-refractivity contribution in [3.05, 3.63) is 70.0 Å².